The summed E-state index contributed by atoms with van der Waals surface area (Å²) < 4.78 is 0.759. The lowest BCUT2D eigenvalue weighted by atomic mass is 10.2. The zero-order chi connectivity index (χ0) is 13.1. The van der Waals surface area contributed by atoms with Crippen LogP contribution in [0, 0.1) is 0 Å². The van der Waals surface area contributed by atoms with Crippen LogP contribution in [0.15, 0.2) is 16.7 Å². The molecular weight excluding hydrogens is 314 g/mol. The normalized spacial score (nSPS) is 23.0. The predicted molar refractivity (Wildman–Crippen MR) is 78.8 cm³/mol. The Morgan fingerprint density at radius 3 is 3.11 bits per heavy atom. The number of thioether (sulfide) groups is 1. The first-order chi connectivity index (χ1) is 8.61. The average Bonchev–Trinajstić information content (AvgIpc) is 2.79. The summed E-state index contributed by atoms with van der Waals surface area (Å²) in [7, 11) is 0. The standard InChI is InChI=1S/C12H16BrN3OS/c1-18-10-4-2-3-9(10)16-12(17)8-5-7(13)6-15-11(8)14/h5-6,9-10H,2-4H2,1H3,(H2,14,15)(H,16,17). The molecule has 2 rings (SSSR count). The second-order valence-corrected chi connectivity index (χ2v) is 6.36. The van der Waals surface area contributed by atoms with E-state index < -0.39 is 0 Å². The van der Waals surface area contributed by atoms with Crippen LogP contribution in [0.1, 0.15) is 29.6 Å². The van der Waals surface area contributed by atoms with Gasteiger partial charge >= 0.3 is 0 Å². The molecule has 0 saturated heterocycles. The fourth-order valence-corrected chi connectivity index (χ4v) is 3.52. The van der Waals surface area contributed by atoms with E-state index in [0.29, 0.717) is 10.8 Å². The maximum absolute atomic E-state index is 12.2. The zero-order valence-corrected chi connectivity index (χ0v) is 12.6. The van der Waals surface area contributed by atoms with Gasteiger partial charge in [0.1, 0.15) is 5.82 Å². The average molecular weight is 330 g/mol. The lowest BCUT2D eigenvalue weighted by Crippen LogP contribution is -2.39. The van der Waals surface area contributed by atoms with Gasteiger partial charge in [-0.1, -0.05) is 6.42 Å². The zero-order valence-electron chi connectivity index (χ0n) is 10.1. The molecule has 0 bridgehead atoms. The molecule has 98 valence electrons. The van der Waals surface area contributed by atoms with Crippen molar-refractivity contribution in [3.05, 3.63) is 22.3 Å². The third kappa shape index (κ3) is 2.98. The highest BCUT2D eigenvalue weighted by molar-refractivity contribution is 9.10. The quantitative estimate of drug-likeness (QED) is 0.893. The smallest absolute Gasteiger partial charge is 0.255 e. The van der Waals surface area contributed by atoms with Crippen LogP contribution in [0.2, 0.25) is 0 Å². The van der Waals surface area contributed by atoms with Crippen molar-refractivity contribution in [2.75, 3.05) is 12.0 Å². The number of hydrogen-bond acceptors (Lipinski definition) is 4. The number of pyridine rings is 1. The summed E-state index contributed by atoms with van der Waals surface area (Å²) in [6.45, 7) is 0. The van der Waals surface area contributed by atoms with Gasteiger partial charge in [-0.2, -0.15) is 11.8 Å². The molecule has 0 aromatic carbocycles. The predicted octanol–water partition coefficient (Wildman–Crippen LogP) is 2.44. The minimum atomic E-state index is -0.132. The number of carbonyl (C=O) groups is 1. The Hall–Kier alpha value is -0.750. The van der Waals surface area contributed by atoms with Gasteiger partial charge in [0.05, 0.1) is 5.56 Å². The van der Waals surface area contributed by atoms with Crippen molar-refractivity contribution in [3.8, 4) is 0 Å². The summed E-state index contributed by atoms with van der Waals surface area (Å²) in [5.41, 5.74) is 6.17. The van der Waals surface area contributed by atoms with E-state index >= 15 is 0 Å². The Balaban J connectivity index is 2.09. The Labute approximate surface area is 119 Å². The van der Waals surface area contributed by atoms with Crippen LogP contribution in [0.4, 0.5) is 5.82 Å². The van der Waals surface area contributed by atoms with Crippen LogP contribution >= 0.6 is 27.7 Å². The summed E-state index contributed by atoms with van der Waals surface area (Å²) in [6, 6.07) is 1.95. The molecule has 18 heavy (non-hydrogen) atoms. The van der Waals surface area contributed by atoms with Gasteiger partial charge in [-0.25, -0.2) is 4.98 Å². The van der Waals surface area contributed by atoms with E-state index in [1.165, 1.54) is 12.8 Å². The van der Waals surface area contributed by atoms with Gasteiger partial charge in [-0.15, -0.1) is 0 Å². The maximum Gasteiger partial charge on any atom is 0.255 e. The molecule has 2 atom stereocenters. The van der Waals surface area contributed by atoms with E-state index in [9.17, 15) is 4.79 Å². The van der Waals surface area contributed by atoms with Gasteiger partial charge in [0.2, 0.25) is 0 Å². The van der Waals surface area contributed by atoms with Crippen molar-refractivity contribution in [2.24, 2.45) is 0 Å². The van der Waals surface area contributed by atoms with Gasteiger partial charge in [-0.3, -0.25) is 4.79 Å². The molecule has 1 aliphatic rings. The molecule has 2 unspecified atom stereocenters. The van der Waals surface area contributed by atoms with Crippen molar-refractivity contribution in [2.45, 2.75) is 30.6 Å². The third-order valence-electron chi connectivity index (χ3n) is 3.20. The molecule has 0 radical (unpaired) electrons. The molecule has 1 saturated carbocycles. The molecule has 4 nitrogen and oxygen atoms in total. The summed E-state index contributed by atoms with van der Waals surface area (Å²) in [5.74, 6) is 0.140. The van der Waals surface area contributed by atoms with Crippen LogP contribution in [0.25, 0.3) is 0 Å². The van der Waals surface area contributed by atoms with E-state index in [1.54, 1.807) is 12.3 Å². The Bertz CT molecular complexity index is 455. The Morgan fingerprint density at radius 1 is 1.61 bits per heavy atom. The number of rotatable bonds is 3. The second kappa shape index (κ2) is 5.93. The van der Waals surface area contributed by atoms with Crippen molar-refractivity contribution in [1.82, 2.24) is 10.3 Å². The van der Waals surface area contributed by atoms with Crippen LogP contribution < -0.4 is 11.1 Å². The van der Waals surface area contributed by atoms with Crippen molar-refractivity contribution in [3.63, 3.8) is 0 Å². The lowest BCUT2D eigenvalue weighted by Gasteiger charge is -2.19. The Kier molecular flexibility index (Phi) is 4.50. The summed E-state index contributed by atoms with van der Waals surface area (Å²) in [6.07, 6.45) is 7.05. The van der Waals surface area contributed by atoms with Gasteiger partial charge < -0.3 is 11.1 Å². The highest BCUT2D eigenvalue weighted by atomic mass is 79.9. The summed E-state index contributed by atoms with van der Waals surface area (Å²) in [4.78, 5) is 16.2. The highest BCUT2D eigenvalue weighted by Gasteiger charge is 2.28. The molecule has 0 aliphatic heterocycles. The molecule has 1 heterocycles. The molecule has 1 aromatic rings. The van der Waals surface area contributed by atoms with E-state index in [1.807, 2.05) is 11.8 Å². The van der Waals surface area contributed by atoms with E-state index in [-0.39, 0.29) is 17.8 Å². The first kappa shape index (κ1) is 13.7. The molecule has 1 aliphatic carbocycles. The molecule has 1 aromatic heterocycles. The van der Waals surface area contributed by atoms with E-state index in [2.05, 4.69) is 32.5 Å². The van der Waals surface area contributed by atoms with Crippen molar-refractivity contribution < 1.29 is 4.79 Å². The van der Waals surface area contributed by atoms with Crippen LogP contribution in [-0.2, 0) is 0 Å². The van der Waals surface area contributed by atoms with Gasteiger partial charge in [0, 0.05) is 22.0 Å². The number of nitrogen functional groups attached to an aromatic ring is 1. The minimum Gasteiger partial charge on any atom is -0.383 e. The number of anilines is 1. The fraction of sp³-hybridized carbons (Fsp3) is 0.500. The van der Waals surface area contributed by atoms with Crippen molar-refractivity contribution in [1.29, 1.82) is 0 Å². The number of carbonyl (C=O) groups excluding carboxylic acids is 1. The molecule has 0 spiro atoms. The topological polar surface area (TPSA) is 68.0 Å². The molecule has 1 amide bonds. The van der Waals surface area contributed by atoms with Gasteiger partial charge in [0.25, 0.3) is 5.91 Å². The van der Waals surface area contributed by atoms with Gasteiger partial charge in [-0.05, 0) is 41.1 Å². The fourth-order valence-electron chi connectivity index (χ4n) is 2.25. The number of nitrogens with two attached hydrogens (primary N) is 1. The second-order valence-electron chi connectivity index (χ2n) is 4.37. The first-order valence-electron chi connectivity index (χ1n) is 5.86. The van der Waals surface area contributed by atoms with Gasteiger partial charge in [0.15, 0.2) is 0 Å². The van der Waals surface area contributed by atoms with Crippen molar-refractivity contribution >= 4 is 39.4 Å². The molecule has 1 fully saturated rings. The number of amides is 1. The molecular formula is C12H16BrN3OS. The third-order valence-corrected chi connectivity index (χ3v) is 4.80. The molecule has 3 N–H and O–H groups in total. The number of nitrogens with zero attached hydrogens (tertiary/aromatic N) is 1. The van der Waals surface area contributed by atoms with E-state index in [4.69, 9.17) is 5.73 Å². The van der Waals surface area contributed by atoms with E-state index in [0.717, 1.165) is 10.9 Å². The Morgan fingerprint density at radius 2 is 2.39 bits per heavy atom. The summed E-state index contributed by atoms with van der Waals surface area (Å²) in [5, 5.41) is 3.57. The van der Waals surface area contributed by atoms with Crippen LogP contribution in [-0.4, -0.2) is 28.4 Å². The molecule has 6 heteroatoms. The monoisotopic (exact) mass is 329 g/mol. The van der Waals surface area contributed by atoms with Crippen LogP contribution in [0.5, 0.6) is 0 Å². The largest absolute Gasteiger partial charge is 0.383 e. The minimum absolute atomic E-state index is 0.132. The number of nitrogens with one attached hydrogen (secondary N) is 1. The number of aromatic nitrogens is 1. The number of hydrogen-bond donors (Lipinski definition) is 2. The first-order valence-corrected chi connectivity index (χ1v) is 7.94. The SMILES string of the molecule is CSC1CCCC1NC(=O)c1cc(Br)cnc1N. The van der Waals surface area contributed by atoms with Crippen LogP contribution in [0.3, 0.4) is 0 Å². The highest BCUT2D eigenvalue weighted by Crippen LogP contribution is 2.28. The lowest BCUT2D eigenvalue weighted by molar-refractivity contribution is 0.0939. The maximum atomic E-state index is 12.2. The number of halogens is 1. The summed E-state index contributed by atoms with van der Waals surface area (Å²) >= 11 is 5.11.